The van der Waals surface area contributed by atoms with E-state index in [2.05, 4.69) is 0 Å². The monoisotopic (exact) mass is 185 g/mol. The van der Waals surface area contributed by atoms with Crippen molar-refractivity contribution in [2.24, 2.45) is 0 Å². The van der Waals surface area contributed by atoms with E-state index in [1.807, 2.05) is 0 Å². The number of rotatable bonds is 0. The molecule has 1 amide bonds. The van der Waals surface area contributed by atoms with Crippen LogP contribution in [0.1, 0.15) is 25.7 Å². The number of hydrogen-bond acceptors (Lipinski definition) is 2. The second-order valence-corrected chi connectivity index (χ2v) is 3.90. The van der Waals surface area contributed by atoms with E-state index in [4.69, 9.17) is 9.84 Å². The Balaban J connectivity index is 1.91. The third kappa shape index (κ3) is 1.63. The van der Waals surface area contributed by atoms with Gasteiger partial charge in [-0.05, 0) is 25.7 Å². The Hall–Kier alpha value is -0.770. The zero-order valence-electron chi connectivity index (χ0n) is 7.66. The van der Waals surface area contributed by atoms with Crippen molar-refractivity contribution in [2.75, 3.05) is 19.7 Å². The number of piperidine rings is 1. The molecule has 0 aliphatic carbocycles. The molecule has 2 saturated heterocycles. The third-order valence-electron chi connectivity index (χ3n) is 3.13. The van der Waals surface area contributed by atoms with Crippen LogP contribution in [-0.4, -0.2) is 41.4 Å². The molecule has 0 unspecified atom stereocenters. The fraction of sp³-hybridized carbons (Fsp3) is 0.889. The molecule has 0 radical (unpaired) electrons. The van der Waals surface area contributed by atoms with Crippen molar-refractivity contribution in [1.29, 1.82) is 0 Å². The predicted molar refractivity (Wildman–Crippen MR) is 46.7 cm³/mol. The van der Waals surface area contributed by atoms with Crippen molar-refractivity contribution in [3.63, 3.8) is 0 Å². The lowest BCUT2D eigenvalue weighted by Crippen LogP contribution is -2.45. The number of hydrogen-bond donors (Lipinski definition) is 1. The molecule has 4 nitrogen and oxygen atoms in total. The summed E-state index contributed by atoms with van der Waals surface area (Å²) in [5.74, 6) is 0. The van der Waals surface area contributed by atoms with Crippen LogP contribution in [0.2, 0.25) is 0 Å². The van der Waals surface area contributed by atoms with Gasteiger partial charge in [0.15, 0.2) is 0 Å². The van der Waals surface area contributed by atoms with Crippen LogP contribution in [-0.2, 0) is 4.74 Å². The summed E-state index contributed by atoms with van der Waals surface area (Å²) < 4.78 is 5.69. The van der Waals surface area contributed by atoms with E-state index in [1.54, 1.807) is 0 Å². The standard InChI is InChI=1S/C9H15NO3/c11-8(12)10-5-3-9(4-6-10)2-1-7-13-9/h1-7H2,(H,11,12). The summed E-state index contributed by atoms with van der Waals surface area (Å²) in [5.41, 5.74) is 0.0337. The molecule has 13 heavy (non-hydrogen) atoms. The molecule has 74 valence electrons. The summed E-state index contributed by atoms with van der Waals surface area (Å²) in [7, 11) is 0. The van der Waals surface area contributed by atoms with Gasteiger partial charge in [0.2, 0.25) is 0 Å². The molecule has 1 spiro atoms. The zero-order valence-corrected chi connectivity index (χ0v) is 7.66. The average molecular weight is 185 g/mol. The Kier molecular flexibility index (Phi) is 2.15. The molecule has 4 heteroatoms. The Morgan fingerprint density at radius 1 is 1.31 bits per heavy atom. The Morgan fingerprint density at radius 3 is 2.46 bits per heavy atom. The van der Waals surface area contributed by atoms with Crippen molar-refractivity contribution in [2.45, 2.75) is 31.3 Å². The minimum absolute atomic E-state index is 0.0337. The maximum atomic E-state index is 10.6. The molecule has 0 aromatic rings. The maximum Gasteiger partial charge on any atom is 0.407 e. The molecule has 2 fully saturated rings. The first kappa shape index (κ1) is 8.81. The first-order chi connectivity index (χ1) is 6.22. The Morgan fingerprint density at radius 2 is 2.00 bits per heavy atom. The largest absolute Gasteiger partial charge is 0.465 e. The van der Waals surface area contributed by atoms with Gasteiger partial charge in [0.1, 0.15) is 0 Å². The molecule has 0 atom stereocenters. The van der Waals surface area contributed by atoms with Gasteiger partial charge in [-0.3, -0.25) is 0 Å². The predicted octanol–water partition coefficient (Wildman–Crippen LogP) is 1.31. The number of ether oxygens (including phenoxy) is 1. The van der Waals surface area contributed by atoms with Crippen LogP contribution in [0.25, 0.3) is 0 Å². The van der Waals surface area contributed by atoms with Gasteiger partial charge in [-0.15, -0.1) is 0 Å². The van der Waals surface area contributed by atoms with Gasteiger partial charge in [0, 0.05) is 19.7 Å². The molecule has 0 aromatic heterocycles. The lowest BCUT2D eigenvalue weighted by Gasteiger charge is -2.37. The fourth-order valence-electron chi connectivity index (χ4n) is 2.26. The summed E-state index contributed by atoms with van der Waals surface area (Å²) in [6.07, 6.45) is 3.19. The molecule has 2 heterocycles. The van der Waals surface area contributed by atoms with E-state index in [1.165, 1.54) is 4.90 Å². The fourth-order valence-corrected chi connectivity index (χ4v) is 2.26. The first-order valence-corrected chi connectivity index (χ1v) is 4.84. The zero-order chi connectivity index (χ0) is 9.31. The highest BCUT2D eigenvalue weighted by Gasteiger charge is 2.39. The van der Waals surface area contributed by atoms with E-state index < -0.39 is 6.09 Å². The molecule has 0 aromatic carbocycles. The molecule has 1 N–H and O–H groups in total. The lowest BCUT2D eigenvalue weighted by atomic mass is 9.89. The van der Waals surface area contributed by atoms with E-state index in [0.29, 0.717) is 13.1 Å². The highest BCUT2D eigenvalue weighted by atomic mass is 16.5. The highest BCUT2D eigenvalue weighted by Crippen LogP contribution is 2.35. The lowest BCUT2D eigenvalue weighted by molar-refractivity contribution is -0.0393. The van der Waals surface area contributed by atoms with Crippen LogP contribution in [0.5, 0.6) is 0 Å². The molecule has 2 aliphatic heterocycles. The SMILES string of the molecule is O=C(O)N1CCC2(CCCO2)CC1. The van der Waals surface area contributed by atoms with Gasteiger partial charge in [-0.2, -0.15) is 0 Å². The van der Waals surface area contributed by atoms with Crippen molar-refractivity contribution < 1.29 is 14.6 Å². The second kappa shape index (κ2) is 3.18. The quantitative estimate of drug-likeness (QED) is 0.619. The van der Waals surface area contributed by atoms with Crippen LogP contribution in [0.4, 0.5) is 4.79 Å². The number of nitrogens with zero attached hydrogens (tertiary/aromatic N) is 1. The first-order valence-electron chi connectivity index (χ1n) is 4.84. The van der Waals surface area contributed by atoms with Crippen LogP contribution in [0, 0.1) is 0 Å². The maximum absolute atomic E-state index is 10.6. The summed E-state index contributed by atoms with van der Waals surface area (Å²) in [6, 6.07) is 0. The van der Waals surface area contributed by atoms with Gasteiger partial charge in [-0.25, -0.2) is 4.79 Å². The minimum Gasteiger partial charge on any atom is -0.465 e. The van der Waals surface area contributed by atoms with Crippen LogP contribution in [0.3, 0.4) is 0 Å². The summed E-state index contributed by atoms with van der Waals surface area (Å²) in [5, 5.41) is 8.75. The second-order valence-electron chi connectivity index (χ2n) is 3.90. The molecule has 2 aliphatic rings. The molecular weight excluding hydrogens is 170 g/mol. The van der Waals surface area contributed by atoms with Gasteiger partial charge in [0.05, 0.1) is 5.60 Å². The van der Waals surface area contributed by atoms with Crippen LogP contribution in [0.15, 0.2) is 0 Å². The number of carboxylic acid groups (broad SMARTS) is 1. The van der Waals surface area contributed by atoms with Crippen molar-refractivity contribution in [3.8, 4) is 0 Å². The van der Waals surface area contributed by atoms with Gasteiger partial charge < -0.3 is 14.7 Å². The van der Waals surface area contributed by atoms with E-state index in [0.717, 1.165) is 32.3 Å². The van der Waals surface area contributed by atoms with Crippen molar-refractivity contribution in [3.05, 3.63) is 0 Å². The Bertz CT molecular complexity index is 201. The van der Waals surface area contributed by atoms with Crippen LogP contribution < -0.4 is 0 Å². The number of carbonyl (C=O) groups is 1. The van der Waals surface area contributed by atoms with Gasteiger partial charge >= 0.3 is 6.09 Å². The molecular formula is C9H15NO3. The highest BCUT2D eigenvalue weighted by molar-refractivity contribution is 5.65. The van der Waals surface area contributed by atoms with Crippen molar-refractivity contribution >= 4 is 6.09 Å². The smallest absolute Gasteiger partial charge is 0.407 e. The minimum atomic E-state index is -0.798. The topological polar surface area (TPSA) is 49.8 Å². The van der Waals surface area contributed by atoms with E-state index in [-0.39, 0.29) is 5.60 Å². The molecule has 0 saturated carbocycles. The van der Waals surface area contributed by atoms with Crippen molar-refractivity contribution in [1.82, 2.24) is 4.90 Å². The third-order valence-corrected chi connectivity index (χ3v) is 3.13. The van der Waals surface area contributed by atoms with E-state index in [9.17, 15) is 4.79 Å². The summed E-state index contributed by atoms with van der Waals surface area (Å²) in [4.78, 5) is 12.1. The Labute approximate surface area is 77.5 Å². The number of amides is 1. The summed E-state index contributed by atoms with van der Waals surface area (Å²) in [6.45, 7) is 2.12. The number of likely N-dealkylation sites (tertiary alicyclic amines) is 1. The van der Waals surface area contributed by atoms with Gasteiger partial charge in [-0.1, -0.05) is 0 Å². The molecule has 0 bridgehead atoms. The van der Waals surface area contributed by atoms with E-state index >= 15 is 0 Å². The molecule has 2 rings (SSSR count). The summed E-state index contributed by atoms with van der Waals surface area (Å²) >= 11 is 0. The normalized spacial score (nSPS) is 26.6. The van der Waals surface area contributed by atoms with Gasteiger partial charge in [0.25, 0.3) is 0 Å². The van der Waals surface area contributed by atoms with Crippen LogP contribution >= 0.6 is 0 Å². The average Bonchev–Trinajstić information content (AvgIpc) is 2.54.